The molecule has 2 N–H and O–H groups in total. The molecule has 1 amide bonds. The Bertz CT molecular complexity index is 673. The smallest absolute Gasteiger partial charge is 0.251 e. The van der Waals surface area contributed by atoms with E-state index in [9.17, 15) is 4.79 Å². The number of hydrogen-bond donors (Lipinski definition) is 2. The Morgan fingerprint density at radius 1 is 1.25 bits per heavy atom. The van der Waals surface area contributed by atoms with E-state index in [1.165, 1.54) is 0 Å². The first-order valence-corrected chi connectivity index (χ1v) is 10.4. The molecule has 2 aliphatic rings. The van der Waals surface area contributed by atoms with Gasteiger partial charge in [-0.25, -0.2) is 0 Å². The maximum atomic E-state index is 12.2. The number of carbonyl (C=O) groups is 1. The van der Waals surface area contributed by atoms with Crippen LogP contribution in [0, 0.1) is 0 Å². The van der Waals surface area contributed by atoms with Gasteiger partial charge >= 0.3 is 0 Å². The van der Waals surface area contributed by atoms with E-state index >= 15 is 0 Å². The zero-order valence-electron chi connectivity index (χ0n) is 17.1. The SMILES string of the molecule is CCCNC(=O)c1cccc(CNC(=NC)N2CCC(N3CCOCC3)C2)c1. The van der Waals surface area contributed by atoms with Crippen molar-refractivity contribution >= 4 is 11.9 Å². The van der Waals surface area contributed by atoms with Gasteiger partial charge in [0.05, 0.1) is 13.2 Å². The molecule has 154 valence electrons. The number of rotatable bonds is 6. The van der Waals surface area contributed by atoms with Crippen molar-refractivity contribution < 1.29 is 9.53 Å². The van der Waals surface area contributed by atoms with Crippen molar-refractivity contribution in [3.63, 3.8) is 0 Å². The highest BCUT2D eigenvalue weighted by molar-refractivity contribution is 5.94. The molecule has 0 bridgehead atoms. The molecule has 2 saturated heterocycles. The Balaban J connectivity index is 1.52. The average Bonchev–Trinajstić information content (AvgIpc) is 3.23. The fraction of sp³-hybridized carbons (Fsp3) is 0.619. The first-order chi connectivity index (χ1) is 13.7. The highest BCUT2D eigenvalue weighted by Gasteiger charge is 2.30. The van der Waals surface area contributed by atoms with Crippen LogP contribution in [0.25, 0.3) is 0 Å². The summed E-state index contributed by atoms with van der Waals surface area (Å²) in [5.74, 6) is 0.914. The summed E-state index contributed by atoms with van der Waals surface area (Å²) < 4.78 is 5.47. The number of ether oxygens (including phenoxy) is 1. The topological polar surface area (TPSA) is 69.2 Å². The molecule has 1 atom stereocenters. The van der Waals surface area contributed by atoms with E-state index in [0.717, 1.165) is 63.8 Å². The molecule has 2 heterocycles. The zero-order chi connectivity index (χ0) is 19.8. The number of nitrogens with one attached hydrogen (secondary N) is 2. The second-order valence-electron chi connectivity index (χ2n) is 7.39. The summed E-state index contributed by atoms with van der Waals surface area (Å²) in [6.07, 6.45) is 2.10. The molecule has 28 heavy (non-hydrogen) atoms. The molecule has 0 saturated carbocycles. The lowest BCUT2D eigenvalue weighted by molar-refractivity contribution is 0.0195. The number of guanidine groups is 1. The third-order valence-electron chi connectivity index (χ3n) is 5.41. The van der Waals surface area contributed by atoms with E-state index < -0.39 is 0 Å². The van der Waals surface area contributed by atoms with Gasteiger partial charge in [-0.1, -0.05) is 19.1 Å². The number of benzene rings is 1. The van der Waals surface area contributed by atoms with Gasteiger partial charge in [0.2, 0.25) is 0 Å². The molecular weight excluding hydrogens is 354 g/mol. The second-order valence-corrected chi connectivity index (χ2v) is 7.39. The van der Waals surface area contributed by atoms with Crippen LogP contribution in [-0.2, 0) is 11.3 Å². The van der Waals surface area contributed by atoms with E-state index in [1.807, 2.05) is 38.2 Å². The van der Waals surface area contributed by atoms with Crippen molar-refractivity contribution in [3.05, 3.63) is 35.4 Å². The van der Waals surface area contributed by atoms with Gasteiger partial charge < -0.3 is 20.3 Å². The van der Waals surface area contributed by atoms with Gasteiger partial charge in [0.1, 0.15) is 0 Å². The number of morpholine rings is 1. The van der Waals surface area contributed by atoms with Crippen LogP contribution in [-0.4, -0.2) is 80.7 Å². The first-order valence-electron chi connectivity index (χ1n) is 10.4. The molecule has 2 aliphatic heterocycles. The third-order valence-corrected chi connectivity index (χ3v) is 5.41. The highest BCUT2D eigenvalue weighted by Crippen LogP contribution is 2.17. The number of amides is 1. The minimum atomic E-state index is -0.0130. The Morgan fingerprint density at radius 2 is 2.07 bits per heavy atom. The molecule has 1 aromatic carbocycles. The second kappa shape index (κ2) is 10.4. The number of aliphatic imine (C=N–C) groups is 1. The lowest BCUT2D eigenvalue weighted by atomic mass is 10.1. The minimum Gasteiger partial charge on any atom is -0.379 e. The summed E-state index contributed by atoms with van der Waals surface area (Å²) in [5, 5.41) is 6.39. The molecule has 1 unspecified atom stereocenters. The van der Waals surface area contributed by atoms with Crippen LogP contribution in [0.2, 0.25) is 0 Å². The predicted molar refractivity (Wildman–Crippen MR) is 112 cm³/mol. The molecule has 0 radical (unpaired) electrons. The van der Waals surface area contributed by atoms with Crippen molar-refractivity contribution in [2.24, 2.45) is 4.99 Å². The summed E-state index contributed by atoms with van der Waals surface area (Å²) in [7, 11) is 1.83. The summed E-state index contributed by atoms with van der Waals surface area (Å²) in [5.41, 5.74) is 1.78. The maximum absolute atomic E-state index is 12.2. The zero-order valence-corrected chi connectivity index (χ0v) is 17.1. The predicted octanol–water partition coefficient (Wildman–Crippen LogP) is 1.31. The van der Waals surface area contributed by atoms with Crippen LogP contribution in [0.15, 0.2) is 29.3 Å². The lowest BCUT2D eigenvalue weighted by Gasteiger charge is -2.32. The van der Waals surface area contributed by atoms with Crippen LogP contribution >= 0.6 is 0 Å². The Labute approximate surface area is 168 Å². The molecule has 7 heteroatoms. The third kappa shape index (κ3) is 5.45. The van der Waals surface area contributed by atoms with E-state index in [1.54, 1.807) is 0 Å². The number of nitrogens with zero attached hydrogens (tertiary/aromatic N) is 3. The molecule has 7 nitrogen and oxygen atoms in total. The molecule has 0 spiro atoms. The van der Waals surface area contributed by atoms with Crippen molar-refractivity contribution in [2.45, 2.75) is 32.4 Å². The monoisotopic (exact) mass is 387 g/mol. The Morgan fingerprint density at radius 3 is 2.82 bits per heavy atom. The van der Waals surface area contributed by atoms with Crippen molar-refractivity contribution in [3.8, 4) is 0 Å². The van der Waals surface area contributed by atoms with E-state index in [-0.39, 0.29) is 5.91 Å². The molecular formula is C21H33N5O2. The molecule has 0 aliphatic carbocycles. The van der Waals surface area contributed by atoms with Gasteiger partial charge in [-0.05, 0) is 30.5 Å². The summed E-state index contributed by atoms with van der Waals surface area (Å²) in [6, 6.07) is 8.36. The molecule has 3 rings (SSSR count). The number of carbonyl (C=O) groups excluding carboxylic acids is 1. The average molecular weight is 388 g/mol. The maximum Gasteiger partial charge on any atom is 0.251 e. The summed E-state index contributed by atoms with van der Waals surface area (Å²) >= 11 is 0. The van der Waals surface area contributed by atoms with Gasteiger partial charge in [0.15, 0.2) is 5.96 Å². The fourth-order valence-corrected chi connectivity index (χ4v) is 3.85. The summed E-state index contributed by atoms with van der Waals surface area (Å²) in [4.78, 5) is 21.5. The van der Waals surface area contributed by atoms with E-state index in [2.05, 4.69) is 25.4 Å². The van der Waals surface area contributed by atoms with Crippen LogP contribution < -0.4 is 10.6 Å². The quantitative estimate of drug-likeness (QED) is 0.569. The molecule has 0 aromatic heterocycles. The standard InChI is InChI=1S/C21H33N5O2/c1-3-8-23-20(27)18-6-4-5-17(14-18)15-24-21(22-2)26-9-7-19(16-26)25-10-12-28-13-11-25/h4-6,14,19H,3,7-13,15-16H2,1-2H3,(H,22,24)(H,23,27). The van der Waals surface area contributed by atoms with Crippen molar-refractivity contribution in [1.29, 1.82) is 0 Å². The fourth-order valence-electron chi connectivity index (χ4n) is 3.85. The van der Waals surface area contributed by atoms with E-state index in [4.69, 9.17) is 4.74 Å². The van der Waals surface area contributed by atoms with Crippen LogP contribution in [0.1, 0.15) is 35.7 Å². The van der Waals surface area contributed by atoms with Gasteiger partial charge in [-0.3, -0.25) is 14.7 Å². The first kappa shape index (κ1) is 20.6. The molecule has 1 aromatic rings. The van der Waals surface area contributed by atoms with Gasteiger partial charge in [-0.15, -0.1) is 0 Å². The highest BCUT2D eigenvalue weighted by atomic mass is 16.5. The lowest BCUT2D eigenvalue weighted by Crippen LogP contribution is -2.46. The van der Waals surface area contributed by atoms with Gasteiger partial charge in [0, 0.05) is 57.9 Å². The number of likely N-dealkylation sites (tertiary alicyclic amines) is 1. The Hall–Kier alpha value is -2.12. The van der Waals surface area contributed by atoms with Crippen molar-refractivity contribution in [1.82, 2.24) is 20.4 Å². The largest absolute Gasteiger partial charge is 0.379 e. The van der Waals surface area contributed by atoms with Crippen LogP contribution in [0.3, 0.4) is 0 Å². The normalized spacial score (nSPS) is 21.0. The van der Waals surface area contributed by atoms with Crippen LogP contribution in [0.4, 0.5) is 0 Å². The van der Waals surface area contributed by atoms with E-state index in [0.29, 0.717) is 24.7 Å². The van der Waals surface area contributed by atoms with Crippen LogP contribution in [0.5, 0.6) is 0 Å². The minimum absolute atomic E-state index is 0.0130. The van der Waals surface area contributed by atoms with Gasteiger partial charge in [0.25, 0.3) is 5.91 Å². The number of hydrogen-bond acceptors (Lipinski definition) is 4. The van der Waals surface area contributed by atoms with Gasteiger partial charge in [-0.2, -0.15) is 0 Å². The van der Waals surface area contributed by atoms with Crippen molar-refractivity contribution in [2.75, 3.05) is 53.0 Å². The Kier molecular flexibility index (Phi) is 7.68. The summed E-state index contributed by atoms with van der Waals surface area (Å²) in [6.45, 7) is 9.15. The molecule has 2 fully saturated rings.